The number of aliphatic hydroxyl groups is 1. The van der Waals surface area contributed by atoms with Crippen molar-refractivity contribution in [1.29, 1.82) is 0 Å². The Morgan fingerprint density at radius 2 is 2.44 bits per heavy atom. The largest absolute Gasteiger partial charge is 0.395 e. The molecule has 0 spiro atoms. The highest BCUT2D eigenvalue weighted by atomic mass is 16.3. The van der Waals surface area contributed by atoms with Crippen molar-refractivity contribution < 1.29 is 5.11 Å². The summed E-state index contributed by atoms with van der Waals surface area (Å²) in [4.78, 5) is 0. The maximum absolute atomic E-state index is 8.90. The molecule has 0 unspecified atom stereocenters. The van der Waals surface area contributed by atoms with Crippen LogP contribution in [0.4, 0.5) is 0 Å². The van der Waals surface area contributed by atoms with Crippen LogP contribution >= 0.6 is 0 Å². The predicted molar refractivity (Wildman–Crippen MR) is 38.2 cm³/mol. The molecule has 1 rings (SSSR count). The maximum atomic E-state index is 8.90. The molecule has 1 aliphatic carbocycles. The normalized spacial score (nSPS) is 34.9. The van der Waals surface area contributed by atoms with E-state index in [0.29, 0.717) is 6.61 Å². The topological polar surface area (TPSA) is 20.2 Å². The summed E-state index contributed by atoms with van der Waals surface area (Å²) in [6.45, 7) is 2.40. The minimum absolute atomic E-state index is 0.0955. The predicted octanol–water partition coefficient (Wildman–Crippen LogP) is 1.73. The minimum atomic E-state index is 0.0955. The summed E-state index contributed by atoms with van der Waals surface area (Å²) in [5.41, 5.74) is 0.0955. The third-order valence-corrected chi connectivity index (χ3v) is 2.00. The van der Waals surface area contributed by atoms with Crippen LogP contribution < -0.4 is 0 Å². The van der Waals surface area contributed by atoms with Gasteiger partial charge in [0.25, 0.3) is 0 Å². The third kappa shape index (κ3) is 1.55. The molecular weight excluding hydrogens is 112 g/mol. The second-order valence-corrected chi connectivity index (χ2v) is 3.11. The van der Waals surface area contributed by atoms with E-state index in [0.717, 1.165) is 6.42 Å². The minimum Gasteiger partial charge on any atom is -0.395 e. The van der Waals surface area contributed by atoms with Crippen LogP contribution in [-0.4, -0.2) is 11.7 Å². The maximum Gasteiger partial charge on any atom is 0.0519 e. The van der Waals surface area contributed by atoms with Crippen molar-refractivity contribution in [1.82, 2.24) is 0 Å². The zero-order valence-electron chi connectivity index (χ0n) is 5.93. The molecule has 0 saturated carbocycles. The Labute approximate surface area is 56.4 Å². The van der Waals surface area contributed by atoms with E-state index < -0.39 is 0 Å². The molecule has 0 radical (unpaired) electrons. The lowest BCUT2D eigenvalue weighted by Gasteiger charge is -2.25. The summed E-state index contributed by atoms with van der Waals surface area (Å²) in [5, 5.41) is 8.90. The van der Waals surface area contributed by atoms with Gasteiger partial charge in [-0.1, -0.05) is 19.1 Å². The zero-order chi connectivity index (χ0) is 6.74. The van der Waals surface area contributed by atoms with E-state index in [9.17, 15) is 0 Å². The lowest BCUT2D eigenvalue weighted by Crippen LogP contribution is -2.20. The van der Waals surface area contributed by atoms with Gasteiger partial charge in [0.1, 0.15) is 0 Å². The summed E-state index contributed by atoms with van der Waals surface area (Å²) in [6, 6.07) is 0. The fourth-order valence-electron chi connectivity index (χ4n) is 1.21. The van der Waals surface area contributed by atoms with Gasteiger partial charge >= 0.3 is 0 Å². The van der Waals surface area contributed by atoms with E-state index >= 15 is 0 Å². The van der Waals surface area contributed by atoms with Gasteiger partial charge in [-0.05, 0) is 19.3 Å². The van der Waals surface area contributed by atoms with Crippen molar-refractivity contribution in [3.8, 4) is 0 Å². The second-order valence-electron chi connectivity index (χ2n) is 3.11. The summed E-state index contributed by atoms with van der Waals surface area (Å²) in [6.07, 6.45) is 7.86. The van der Waals surface area contributed by atoms with Gasteiger partial charge in [-0.2, -0.15) is 0 Å². The average Bonchev–Trinajstić information content (AvgIpc) is 1.90. The Kier molecular flexibility index (Phi) is 1.91. The first kappa shape index (κ1) is 6.81. The van der Waals surface area contributed by atoms with Gasteiger partial charge in [-0.15, -0.1) is 0 Å². The quantitative estimate of drug-likeness (QED) is 0.530. The standard InChI is InChI=1S/C8H14O/c1-8(7-9)5-3-2-4-6-8/h3,5,9H,2,4,6-7H2,1H3/t8-/m1/s1. The molecule has 52 valence electrons. The Balaban J connectivity index is 2.56. The molecular formula is C8H14O. The van der Waals surface area contributed by atoms with Crippen molar-refractivity contribution in [2.75, 3.05) is 6.61 Å². The molecule has 1 nitrogen and oxygen atoms in total. The summed E-state index contributed by atoms with van der Waals surface area (Å²) < 4.78 is 0. The van der Waals surface area contributed by atoms with Crippen molar-refractivity contribution in [3.05, 3.63) is 12.2 Å². The molecule has 0 aromatic heterocycles. The van der Waals surface area contributed by atoms with E-state index in [1.165, 1.54) is 12.8 Å². The van der Waals surface area contributed by atoms with Crippen LogP contribution in [0.2, 0.25) is 0 Å². The van der Waals surface area contributed by atoms with Crippen LogP contribution in [0.25, 0.3) is 0 Å². The van der Waals surface area contributed by atoms with Crippen LogP contribution in [-0.2, 0) is 0 Å². The summed E-state index contributed by atoms with van der Waals surface area (Å²) >= 11 is 0. The van der Waals surface area contributed by atoms with E-state index in [1.54, 1.807) is 0 Å². The smallest absolute Gasteiger partial charge is 0.0519 e. The van der Waals surface area contributed by atoms with E-state index in [4.69, 9.17) is 5.11 Å². The van der Waals surface area contributed by atoms with Gasteiger partial charge < -0.3 is 5.11 Å². The fourth-order valence-corrected chi connectivity index (χ4v) is 1.21. The van der Waals surface area contributed by atoms with E-state index in [-0.39, 0.29) is 5.41 Å². The van der Waals surface area contributed by atoms with Crippen LogP contribution in [0.1, 0.15) is 26.2 Å². The lowest BCUT2D eigenvalue weighted by atomic mass is 9.82. The van der Waals surface area contributed by atoms with Gasteiger partial charge in [-0.3, -0.25) is 0 Å². The van der Waals surface area contributed by atoms with Crippen LogP contribution in [0.3, 0.4) is 0 Å². The zero-order valence-corrected chi connectivity index (χ0v) is 5.93. The van der Waals surface area contributed by atoms with Gasteiger partial charge in [0.05, 0.1) is 6.61 Å². The first-order valence-corrected chi connectivity index (χ1v) is 3.55. The number of aliphatic hydroxyl groups excluding tert-OH is 1. The molecule has 0 aromatic carbocycles. The third-order valence-electron chi connectivity index (χ3n) is 2.00. The number of allylic oxidation sites excluding steroid dienone is 1. The number of rotatable bonds is 1. The molecule has 0 fully saturated rings. The Bertz CT molecular complexity index is 118. The molecule has 0 heterocycles. The molecule has 0 aromatic rings. The van der Waals surface area contributed by atoms with Crippen molar-refractivity contribution in [2.24, 2.45) is 5.41 Å². The number of hydrogen-bond donors (Lipinski definition) is 1. The van der Waals surface area contributed by atoms with Crippen molar-refractivity contribution in [3.63, 3.8) is 0 Å². The summed E-state index contributed by atoms with van der Waals surface area (Å²) in [5.74, 6) is 0. The molecule has 0 amide bonds. The first-order chi connectivity index (χ1) is 4.27. The van der Waals surface area contributed by atoms with Crippen LogP contribution in [0.15, 0.2) is 12.2 Å². The lowest BCUT2D eigenvalue weighted by molar-refractivity contribution is 0.169. The van der Waals surface area contributed by atoms with Gasteiger partial charge in [0.15, 0.2) is 0 Å². The molecule has 1 N–H and O–H groups in total. The Hall–Kier alpha value is -0.300. The number of hydrogen-bond acceptors (Lipinski definition) is 1. The van der Waals surface area contributed by atoms with Gasteiger partial charge in [0, 0.05) is 5.41 Å². The fraction of sp³-hybridized carbons (Fsp3) is 0.750. The molecule has 1 aliphatic rings. The Morgan fingerprint density at radius 1 is 1.67 bits per heavy atom. The molecule has 0 aliphatic heterocycles. The highest BCUT2D eigenvalue weighted by molar-refractivity contribution is 5.00. The SMILES string of the molecule is C[C@@]1(CO)C=CCCC1. The van der Waals surface area contributed by atoms with Crippen molar-refractivity contribution in [2.45, 2.75) is 26.2 Å². The molecule has 9 heavy (non-hydrogen) atoms. The molecule has 1 atom stereocenters. The van der Waals surface area contributed by atoms with Gasteiger partial charge in [-0.25, -0.2) is 0 Å². The Morgan fingerprint density at radius 3 is 2.78 bits per heavy atom. The highest BCUT2D eigenvalue weighted by Crippen LogP contribution is 2.29. The highest BCUT2D eigenvalue weighted by Gasteiger charge is 2.20. The summed E-state index contributed by atoms with van der Waals surface area (Å²) in [7, 11) is 0. The monoisotopic (exact) mass is 126 g/mol. The van der Waals surface area contributed by atoms with Gasteiger partial charge in [0.2, 0.25) is 0 Å². The van der Waals surface area contributed by atoms with E-state index in [2.05, 4.69) is 19.1 Å². The molecule has 0 saturated heterocycles. The first-order valence-electron chi connectivity index (χ1n) is 3.55. The molecule has 1 heteroatoms. The average molecular weight is 126 g/mol. The second kappa shape index (κ2) is 2.53. The van der Waals surface area contributed by atoms with Crippen LogP contribution in [0, 0.1) is 5.41 Å². The van der Waals surface area contributed by atoms with Crippen LogP contribution in [0.5, 0.6) is 0 Å². The van der Waals surface area contributed by atoms with Crippen molar-refractivity contribution >= 4 is 0 Å². The van der Waals surface area contributed by atoms with E-state index in [1.807, 2.05) is 0 Å². The molecule has 0 bridgehead atoms.